The van der Waals surface area contributed by atoms with Crippen LogP contribution in [0, 0.1) is 12.9 Å². The zero-order chi connectivity index (χ0) is 7.72. The van der Waals surface area contributed by atoms with Crippen LogP contribution in [0.4, 0.5) is 10.1 Å². The number of nitrogens with zero attached hydrogens (tertiary/aromatic N) is 1. The maximum atomic E-state index is 12.6. The van der Waals surface area contributed by atoms with E-state index in [2.05, 4.69) is 20.9 Å². The summed E-state index contributed by atoms with van der Waals surface area (Å²) in [6.07, 6.45) is 0. The Morgan fingerprint density at radius 1 is 1.70 bits per heavy atom. The first-order chi connectivity index (χ1) is 4.61. The van der Waals surface area contributed by atoms with Crippen molar-refractivity contribution in [3.05, 3.63) is 22.2 Å². The Kier molecular flexibility index (Phi) is 1.89. The van der Waals surface area contributed by atoms with Crippen molar-refractivity contribution in [3.63, 3.8) is 0 Å². The number of halogens is 2. The third-order valence-electron chi connectivity index (χ3n) is 1.13. The second-order valence-corrected chi connectivity index (χ2v) is 2.73. The van der Waals surface area contributed by atoms with Crippen molar-refractivity contribution in [1.29, 1.82) is 0 Å². The third kappa shape index (κ3) is 1.26. The summed E-state index contributed by atoms with van der Waals surface area (Å²) in [6, 6.07) is 1.53. The Hall–Kier alpha value is -0.640. The molecule has 4 heteroatoms. The summed E-state index contributed by atoms with van der Waals surface area (Å²) in [7, 11) is 0. The molecule has 0 fully saturated rings. The fraction of sp³-hybridized carbons (Fsp3) is 0.167. The van der Waals surface area contributed by atoms with Crippen molar-refractivity contribution in [2.45, 2.75) is 6.92 Å². The van der Waals surface area contributed by atoms with Gasteiger partial charge in [-0.3, -0.25) is 0 Å². The van der Waals surface area contributed by atoms with Crippen LogP contribution in [-0.2, 0) is 0 Å². The lowest BCUT2D eigenvalue weighted by Gasteiger charge is -1.98. The maximum absolute atomic E-state index is 12.6. The number of rotatable bonds is 0. The number of hydrogen-bond acceptors (Lipinski definition) is 2. The molecular formula is C6H6BrFN2. The monoisotopic (exact) mass is 204 g/mol. The number of hydrogen-bond donors (Lipinski definition) is 1. The zero-order valence-electron chi connectivity index (χ0n) is 5.36. The van der Waals surface area contributed by atoms with Gasteiger partial charge in [-0.1, -0.05) is 0 Å². The molecule has 1 rings (SSSR count). The van der Waals surface area contributed by atoms with Crippen LogP contribution in [-0.4, -0.2) is 4.98 Å². The molecule has 0 aliphatic carbocycles. The summed E-state index contributed by atoms with van der Waals surface area (Å²) in [5.41, 5.74) is 6.33. The molecule has 0 unspecified atom stereocenters. The maximum Gasteiger partial charge on any atom is 0.216 e. The molecule has 0 bridgehead atoms. The van der Waals surface area contributed by atoms with Crippen molar-refractivity contribution >= 4 is 21.6 Å². The minimum Gasteiger partial charge on any atom is -0.397 e. The van der Waals surface area contributed by atoms with Gasteiger partial charge >= 0.3 is 0 Å². The summed E-state index contributed by atoms with van der Waals surface area (Å²) in [5.74, 6) is -0.485. The lowest BCUT2D eigenvalue weighted by atomic mass is 10.3. The first kappa shape index (κ1) is 7.47. The van der Waals surface area contributed by atoms with E-state index in [0.29, 0.717) is 15.9 Å². The predicted octanol–water partition coefficient (Wildman–Crippen LogP) is 1.87. The van der Waals surface area contributed by atoms with Crippen LogP contribution in [0.1, 0.15) is 5.56 Å². The van der Waals surface area contributed by atoms with Gasteiger partial charge in [0.25, 0.3) is 0 Å². The average molecular weight is 205 g/mol. The lowest BCUT2D eigenvalue weighted by molar-refractivity contribution is 0.572. The minimum atomic E-state index is -0.485. The van der Waals surface area contributed by atoms with E-state index < -0.39 is 5.95 Å². The normalized spacial score (nSPS) is 9.90. The van der Waals surface area contributed by atoms with Gasteiger partial charge in [-0.05, 0) is 28.9 Å². The molecule has 0 amide bonds. The standard InChI is InChI=1S/C6H6BrFN2/c1-3-2-4(9)5(7)10-6(3)8/h2H,9H2,1H3. The van der Waals surface area contributed by atoms with Crippen LogP contribution in [0.15, 0.2) is 10.7 Å². The third-order valence-corrected chi connectivity index (χ3v) is 1.77. The first-order valence-corrected chi connectivity index (χ1v) is 3.48. The molecule has 2 nitrogen and oxygen atoms in total. The van der Waals surface area contributed by atoms with Crippen molar-refractivity contribution in [3.8, 4) is 0 Å². The van der Waals surface area contributed by atoms with Gasteiger partial charge in [-0.2, -0.15) is 4.39 Å². The molecule has 2 N–H and O–H groups in total. The van der Waals surface area contributed by atoms with Crippen molar-refractivity contribution < 1.29 is 4.39 Å². The van der Waals surface area contributed by atoms with Gasteiger partial charge in [0, 0.05) is 5.56 Å². The summed E-state index contributed by atoms with van der Waals surface area (Å²) < 4.78 is 12.9. The van der Waals surface area contributed by atoms with Gasteiger partial charge in [0.1, 0.15) is 4.60 Å². The summed E-state index contributed by atoms with van der Waals surface area (Å²) >= 11 is 3.00. The van der Waals surface area contributed by atoms with E-state index >= 15 is 0 Å². The quantitative estimate of drug-likeness (QED) is 0.656. The molecule has 10 heavy (non-hydrogen) atoms. The molecule has 1 aromatic heterocycles. The molecule has 0 saturated carbocycles. The van der Waals surface area contributed by atoms with Crippen LogP contribution in [0.3, 0.4) is 0 Å². The number of nitrogens with two attached hydrogens (primary N) is 1. The highest BCUT2D eigenvalue weighted by Crippen LogP contribution is 2.18. The second-order valence-electron chi connectivity index (χ2n) is 1.98. The van der Waals surface area contributed by atoms with E-state index in [0.717, 1.165) is 0 Å². The van der Waals surface area contributed by atoms with E-state index in [1.54, 1.807) is 6.92 Å². The minimum absolute atomic E-state index is 0.357. The van der Waals surface area contributed by atoms with E-state index in [-0.39, 0.29) is 0 Å². The van der Waals surface area contributed by atoms with Crippen LogP contribution in [0.5, 0.6) is 0 Å². The van der Waals surface area contributed by atoms with Gasteiger partial charge in [0.2, 0.25) is 5.95 Å². The molecule has 1 aromatic rings. The fourth-order valence-electron chi connectivity index (χ4n) is 0.591. The van der Waals surface area contributed by atoms with Gasteiger partial charge in [-0.25, -0.2) is 4.98 Å². The smallest absolute Gasteiger partial charge is 0.216 e. The summed E-state index contributed by atoms with van der Waals surface area (Å²) in [5, 5.41) is 0. The highest BCUT2D eigenvalue weighted by Gasteiger charge is 2.02. The SMILES string of the molecule is Cc1cc(N)c(Br)nc1F. The lowest BCUT2D eigenvalue weighted by Crippen LogP contribution is -1.94. The molecular weight excluding hydrogens is 199 g/mol. The van der Waals surface area contributed by atoms with Crippen molar-refractivity contribution in [1.82, 2.24) is 4.98 Å². The molecule has 54 valence electrons. The average Bonchev–Trinajstić information content (AvgIpc) is 1.84. The Labute approximate surface area is 66.4 Å². The second kappa shape index (κ2) is 2.54. The molecule has 0 saturated heterocycles. The van der Waals surface area contributed by atoms with E-state index in [9.17, 15) is 4.39 Å². The zero-order valence-corrected chi connectivity index (χ0v) is 6.94. The summed E-state index contributed by atoms with van der Waals surface area (Å²) in [6.45, 7) is 1.62. The highest BCUT2D eigenvalue weighted by molar-refractivity contribution is 9.10. The molecule has 0 aliphatic heterocycles. The Bertz CT molecular complexity index is 212. The highest BCUT2D eigenvalue weighted by atomic mass is 79.9. The van der Waals surface area contributed by atoms with Gasteiger partial charge in [0.05, 0.1) is 5.69 Å². The number of pyridine rings is 1. The first-order valence-electron chi connectivity index (χ1n) is 2.69. The van der Waals surface area contributed by atoms with E-state index in [1.807, 2.05) is 0 Å². The summed E-state index contributed by atoms with van der Waals surface area (Å²) in [4.78, 5) is 3.50. The number of aromatic nitrogens is 1. The van der Waals surface area contributed by atoms with Crippen LogP contribution >= 0.6 is 15.9 Å². The predicted molar refractivity (Wildman–Crippen MR) is 41.0 cm³/mol. The van der Waals surface area contributed by atoms with Crippen LogP contribution in [0.25, 0.3) is 0 Å². The molecule has 0 radical (unpaired) electrons. The Morgan fingerprint density at radius 2 is 2.30 bits per heavy atom. The fourth-order valence-corrected chi connectivity index (χ4v) is 0.861. The number of nitrogen functional groups attached to an aromatic ring is 1. The molecule has 0 aliphatic rings. The van der Waals surface area contributed by atoms with E-state index in [4.69, 9.17) is 5.73 Å². The van der Waals surface area contributed by atoms with Gasteiger partial charge in [-0.15, -0.1) is 0 Å². The van der Waals surface area contributed by atoms with Crippen LogP contribution in [0.2, 0.25) is 0 Å². The van der Waals surface area contributed by atoms with Gasteiger partial charge < -0.3 is 5.73 Å². The topological polar surface area (TPSA) is 38.9 Å². The number of aryl methyl sites for hydroxylation is 1. The van der Waals surface area contributed by atoms with Crippen LogP contribution < -0.4 is 5.73 Å². The molecule has 0 aromatic carbocycles. The Morgan fingerprint density at radius 3 is 2.80 bits per heavy atom. The largest absolute Gasteiger partial charge is 0.397 e. The molecule has 0 spiro atoms. The molecule has 1 heterocycles. The molecule has 0 atom stereocenters. The van der Waals surface area contributed by atoms with Gasteiger partial charge in [0.15, 0.2) is 0 Å². The Balaban J connectivity index is 3.28. The van der Waals surface area contributed by atoms with E-state index in [1.165, 1.54) is 6.07 Å². The number of anilines is 1. The van der Waals surface area contributed by atoms with Crippen molar-refractivity contribution in [2.75, 3.05) is 5.73 Å². The van der Waals surface area contributed by atoms with Crippen molar-refractivity contribution in [2.24, 2.45) is 0 Å².